The normalized spacial score (nSPS) is 14.4. The van der Waals surface area contributed by atoms with Gasteiger partial charge in [-0.1, -0.05) is 56.7 Å². The summed E-state index contributed by atoms with van der Waals surface area (Å²) < 4.78 is 0. The predicted octanol–water partition coefficient (Wildman–Crippen LogP) is 6.45. The first-order chi connectivity index (χ1) is 10.9. The summed E-state index contributed by atoms with van der Waals surface area (Å²) in [7, 11) is 2.19. The van der Waals surface area contributed by atoms with Crippen LogP contribution >= 0.6 is 0 Å². The second-order valence-corrected chi connectivity index (χ2v) is 6.35. The van der Waals surface area contributed by atoms with Gasteiger partial charge in [0.25, 0.3) is 0 Å². The van der Waals surface area contributed by atoms with Gasteiger partial charge in [0.15, 0.2) is 0 Å². The molecule has 0 aliphatic heterocycles. The molecule has 23 heavy (non-hydrogen) atoms. The molecule has 1 heteroatoms. The van der Waals surface area contributed by atoms with Crippen molar-refractivity contribution in [1.29, 1.82) is 0 Å². The molecule has 0 aliphatic rings. The third-order valence-corrected chi connectivity index (χ3v) is 4.71. The van der Waals surface area contributed by atoms with Crippen molar-refractivity contribution in [2.24, 2.45) is 5.92 Å². The third kappa shape index (κ3) is 5.13. The molecular weight excluding hydrogens is 278 g/mol. The summed E-state index contributed by atoms with van der Waals surface area (Å²) in [6.07, 6.45) is 10.9. The van der Waals surface area contributed by atoms with Crippen molar-refractivity contribution in [3.8, 4) is 0 Å². The van der Waals surface area contributed by atoms with E-state index in [2.05, 4.69) is 89.1 Å². The summed E-state index contributed by atoms with van der Waals surface area (Å²) in [5.41, 5.74) is 6.96. The van der Waals surface area contributed by atoms with Gasteiger partial charge in [-0.3, -0.25) is 0 Å². The molecular formula is C22H33N. The van der Waals surface area contributed by atoms with Crippen LogP contribution in [0, 0.1) is 12.8 Å². The molecule has 1 aromatic rings. The van der Waals surface area contributed by atoms with E-state index in [0.29, 0.717) is 5.92 Å². The molecule has 0 amide bonds. The zero-order chi connectivity index (χ0) is 17.4. The van der Waals surface area contributed by atoms with Gasteiger partial charge in [-0.2, -0.15) is 0 Å². The molecule has 0 bridgehead atoms. The number of hydrogen-bond donors (Lipinski definition) is 0. The van der Waals surface area contributed by atoms with Crippen LogP contribution in [0.25, 0.3) is 0 Å². The van der Waals surface area contributed by atoms with Crippen LogP contribution in [-0.4, -0.2) is 7.05 Å². The standard InChI is InChI=1S/C22H33N/c1-8-10-11-14-17(3)19(5)20(6)23(7)22-16-12-15-18(4)21(22)13-9-2/h8,10-12,14-17H,9,13H2,1-7H3/b10-8-,14-11-,20-19-. The highest BCUT2D eigenvalue weighted by Crippen LogP contribution is 2.29. The minimum atomic E-state index is 0.438. The predicted molar refractivity (Wildman–Crippen MR) is 105 cm³/mol. The van der Waals surface area contributed by atoms with Crippen molar-refractivity contribution >= 4 is 5.69 Å². The molecule has 0 spiro atoms. The molecule has 0 aliphatic carbocycles. The van der Waals surface area contributed by atoms with Gasteiger partial charge in [0.2, 0.25) is 0 Å². The van der Waals surface area contributed by atoms with Crippen molar-refractivity contribution in [1.82, 2.24) is 0 Å². The number of nitrogens with zero attached hydrogens (tertiary/aromatic N) is 1. The lowest BCUT2D eigenvalue weighted by atomic mass is 9.98. The number of rotatable bonds is 7. The molecule has 0 saturated heterocycles. The van der Waals surface area contributed by atoms with E-state index in [1.54, 1.807) is 0 Å². The van der Waals surface area contributed by atoms with E-state index in [1.165, 1.54) is 34.5 Å². The summed E-state index contributed by atoms with van der Waals surface area (Å²) in [5.74, 6) is 0.438. The Morgan fingerprint density at radius 1 is 1.22 bits per heavy atom. The highest BCUT2D eigenvalue weighted by Gasteiger charge is 2.13. The zero-order valence-electron chi connectivity index (χ0n) is 16.0. The Kier molecular flexibility index (Phi) is 7.88. The summed E-state index contributed by atoms with van der Waals surface area (Å²) in [5, 5.41) is 0. The molecule has 126 valence electrons. The molecule has 0 N–H and O–H groups in total. The molecule has 0 fully saturated rings. The van der Waals surface area contributed by atoms with Gasteiger partial charge in [-0.15, -0.1) is 0 Å². The van der Waals surface area contributed by atoms with E-state index < -0.39 is 0 Å². The van der Waals surface area contributed by atoms with E-state index in [0.717, 1.165) is 6.42 Å². The average molecular weight is 312 g/mol. The molecule has 0 saturated carbocycles. The lowest BCUT2D eigenvalue weighted by molar-refractivity contribution is 0.826. The lowest BCUT2D eigenvalue weighted by Crippen LogP contribution is -2.19. The van der Waals surface area contributed by atoms with Crippen molar-refractivity contribution in [3.05, 3.63) is 64.9 Å². The van der Waals surface area contributed by atoms with Crippen molar-refractivity contribution in [2.75, 3.05) is 11.9 Å². The Hall–Kier alpha value is -1.76. The molecule has 1 rings (SSSR count). The van der Waals surface area contributed by atoms with Crippen LogP contribution in [0.1, 0.15) is 52.2 Å². The summed E-state index contributed by atoms with van der Waals surface area (Å²) in [6.45, 7) is 13.2. The molecule has 0 aromatic heterocycles. The van der Waals surface area contributed by atoms with Crippen molar-refractivity contribution < 1.29 is 0 Å². The van der Waals surface area contributed by atoms with Crippen LogP contribution in [0.2, 0.25) is 0 Å². The van der Waals surface area contributed by atoms with Gasteiger partial charge < -0.3 is 4.90 Å². The van der Waals surface area contributed by atoms with Gasteiger partial charge in [-0.05, 0) is 62.8 Å². The third-order valence-electron chi connectivity index (χ3n) is 4.71. The van der Waals surface area contributed by atoms with Crippen molar-refractivity contribution in [2.45, 2.75) is 54.4 Å². The molecule has 1 nitrogen and oxygen atoms in total. The Labute approximate surface area is 143 Å². The minimum absolute atomic E-state index is 0.438. The highest BCUT2D eigenvalue weighted by molar-refractivity contribution is 5.60. The van der Waals surface area contributed by atoms with E-state index >= 15 is 0 Å². The molecule has 1 aromatic carbocycles. The van der Waals surface area contributed by atoms with E-state index in [1.807, 2.05) is 6.92 Å². The fourth-order valence-electron chi connectivity index (χ4n) is 2.84. The van der Waals surface area contributed by atoms with Gasteiger partial charge in [0, 0.05) is 18.4 Å². The SMILES string of the molecule is C/C=C\C=C/C(C)/C(C)=C(/C)N(C)c1cccc(C)c1CCC. The second-order valence-electron chi connectivity index (χ2n) is 6.35. The average Bonchev–Trinajstić information content (AvgIpc) is 2.55. The number of benzene rings is 1. The molecule has 0 radical (unpaired) electrons. The van der Waals surface area contributed by atoms with Crippen LogP contribution in [0.4, 0.5) is 5.69 Å². The fourth-order valence-corrected chi connectivity index (χ4v) is 2.84. The van der Waals surface area contributed by atoms with Crippen LogP contribution in [-0.2, 0) is 6.42 Å². The van der Waals surface area contributed by atoms with Gasteiger partial charge >= 0.3 is 0 Å². The van der Waals surface area contributed by atoms with E-state index in [-0.39, 0.29) is 0 Å². The monoisotopic (exact) mass is 311 g/mol. The van der Waals surface area contributed by atoms with Crippen LogP contribution in [0.3, 0.4) is 0 Å². The quantitative estimate of drug-likeness (QED) is 0.523. The van der Waals surface area contributed by atoms with E-state index in [9.17, 15) is 0 Å². The zero-order valence-corrected chi connectivity index (χ0v) is 16.0. The molecule has 1 unspecified atom stereocenters. The first kappa shape index (κ1) is 19.3. The number of aryl methyl sites for hydroxylation is 1. The Morgan fingerprint density at radius 2 is 1.91 bits per heavy atom. The maximum absolute atomic E-state index is 2.35. The highest BCUT2D eigenvalue weighted by atomic mass is 15.1. The first-order valence-electron chi connectivity index (χ1n) is 8.73. The van der Waals surface area contributed by atoms with E-state index in [4.69, 9.17) is 0 Å². The van der Waals surface area contributed by atoms with Gasteiger partial charge in [-0.25, -0.2) is 0 Å². The Morgan fingerprint density at radius 3 is 2.52 bits per heavy atom. The van der Waals surface area contributed by atoms with Crippen molar-refractivity contribution in [3.63, 3.8) is 0 Å². The van der Waals surface area contributed by atoms with Crippen LogP contribution < -0.4 is 4.90 Å². The summed E-state index contributed by atoms with van der Waals surface area (Å²) >= 11 is 0. The Balaban J connectivity index is 3.14. The van der Waals surface area contributed by atoms with Crippen LogP contribution in [0.15, 0.2) is 53.8 Å². The molecule has 1 atom stereocenters. The largest absolute Gasteiger partial charge is 0.348 e. The number of hydrogen-bond acceptors (Lipinski definition) is 1. The lowest BCUT2D eigenvalue weighted by Gasteiger charge is -2.27. The van der Waals surface area contributed by atoms with Gasteiger partial charge in [0.1, 0.15) is 0 Å². The summed E-state index contributed by atoms with van der Waals surface area (Å²) in [4.78, 5) is 2.35. The number of allylic oxidation sites excluding steroid dienone is 6. The summed E-state index contributed by atoms with van der Waals surface area (Å²) in [6, 6.07) is 6.63. The fraction of sp³-hybridized carbons (Fsp3) is 0.455. The van der Waals surface area contributed by atoms with Crippen LogP contribution in [0.5, 0.6) is 0 Å². The first-order valence-corrected chi connectivity index (χ1v) is 8.73. The van der Waals surface area contributed by atoms with Gasteiger partial charge in [0.05, 0.1) is 0 Å². The Bertz CT molecular complexity index is 590. The minimum Gasteiger partial charge on any atom is -0.348 e. The smallest absolute Gasteiger partial charge is 0.0440 e. The second kappa shape index (κ2) is 9.39. The number of anilines is 1. The topological polar surface area (TPSA) is 3.24 Å². The maximum atomic E-state index is 2.35. The molecule has 0 heterocycles. The maximum Gasteiger partial charge on any atom is 0.0440 e.